The third kappa shape index (κ3) is 3.52. The number of aromatic nitrogens is 1. The minimum atomic E-state index is -0.646. The van der Waals surface area contributed by atoms with Crippen molar-refractivity contribution in [2.75, 3.05) is 0 Å². The number of phenolic OH excluding ortho intramolecular Hbond substituents is 1. The van der Waals surface area contributed by atoms with E-state index in [2.05, 4.69) is 5.16 Å². The number of aryl methyl sites for hydroxylation is 1. The number of carbonyl (C=O) groups excluding carboxylic acids is 1. The molecular formula is C19H16FNO4. The smallest absolute Gasteiger partial charge is 0.342 e. The van der Waals surface area contributed by atoms with Gasteiger partial charge in [-0.2, -0.15) is 0 Å². The summed E-state index contributed by atoms with van der Waals surface area (Å²) in [7, 11) is 0. The monoisotopic (exact) mass is 341 g/mol. The van der Waals surface area contributed by atoms with Crippen LogP contribution in [0.4, 0.5) is 4.39 Å². The summed E-state index contributed by atoms with van der Waals surface area (Å²) >= 11 is 0. The number of benzene rings is 2. The van der Waals surface area contributed by atoms with E-state index in [1.807, 2.05) is 6.92 Å². The van der Waals surface area contributed by atoms with Gasteiger partial charge in [0.25, 0.3) is 0 Å². The van der Waals surface area contributed by atoms with Gasteiger partial charge in [0.15, 0.2) is 5.76 Å². The van der Waals surface area contributed by atoms with E-state index in [0.29, 0.717) is 22.6 Å². The van der Waals surface area contributed by atoms with Crippen molar-refractivity contribution in [1.29, 1.82) is 0 Å². The normalized spacial score (nSPS) is 10.7. The molecule has 3 rings (SSSR count). The molecule has 3 aromatic rings. The molecule has 0 unspecified atom stereocenters. The van der Waals surface area contributed by atoms with Gasteiger partial charge in [-0.25, -0.2) is 9.18 Å². The second kappa shape index (κ2) is 6.76. The highest BCUT2D eigenvalue weighted by Gasteiger charge is 2.17. The van der Waals surface area contributed by atoms with Crippen LogP contribution in [0.2, 0.25) is 0 Å². The number of rotatable bonds is 4. The summed E-state index contributed by atoms with van der Waals surface area (Å²) in [5.41, 5.74) is 2.77. The highest BCUT2D eigenvalue weighted by Crippen LogP contribution is 2.27. The van der Waals surface area contributed by atoms with Crippen LogP contribution >= 0.6 is 0 Å². The third-order valence-corrected chi connectivity index (χ3v) is 3.84. The Kier molecular flexibility index (Phi) is 4.52. The standard InChI is InChI=1S/C19H16FNO4/c1-11-3-8-17(22)15(9-11)19(23)24-10-16-12(2)18(25-21-16)13-4-6-14(20)7-5-13/h3-9,22H,10H2,1-2H3. The van der Waals surface area contributed by atoms with Crippen LogP contribution in [0.15, 0.2) is 47.0 Å². The molecule has 0 spiro atoms. The van der Waals surface area contributed by atoms with Crippen LogP contribution in [0.5, 0.6) is 5.75 Å². The molecule has 1 aromatic heterocycles. The fraction of sp³-hybridized carbons (Fsp3) is 0.158. The van der Waals surface area contributed by atoms with Gasteiger partial charge in [-0.15, -0.1) is 0 Å². The molecule has 1 heterocycles. The van der Waals surface area contributed by atoms with Crippen molar-refractivity contribution in [2.45, 2.75) is 20.5 Å². The number of phenols is 1. The lowest BCUT2D eigenvalue weighted by Gasteiger charge is -2.06. The topological polar surface area (TPSA) is 72.6 Å². The summed E-state index contributed by atoms with van der Waals surface area (Å²) in [5.74, 6) is -0.635. The van der Waals surface area contributed by atoms with E-state index in [9.17, 15) is 14.3 Å². The van der Waals surface area contributed by atoms with Gasteiger partial charge in [-0.05, 0) is 50.2 Å². The molecule has 128 valence electrons. The van der Waals surface area contributed by atoms with E-state index in [1.54, 1.807) is 31.2 Å². The molecule has 0 aliphatic carbocycles. The number of carbonyl (C=O) groups is 1. The third-order valence-electron chi connectivity index (χ3n) is 3.84. The van der Waals surface area contributed by atoms with Gasteiger partial charge in [0, 0.05) is 11.1 Å². The molecule has 6 heteroatoms. The van der Waals surface area contributed by atoms with E-state index in [4.69, 9.17) is 9.26 Å². The molecule has 1 N–H and O–H groups in total. The lowest BCUT2D eigenvalue weighted by Crippen LogP contribution is -2.06. The molecule has 0 aliphatic rings. The lowest BCUT2D eigenvalue weighted by molar-refractivity contribution is 0.0460. The number of hydrogen-bond donors (Lipinski definition) is 1. The van der Waals surface area contributed by atoms with Crippen molar-refractivity contribution in [1.82, 2.24) is 5.16 Å². The average molecular weight is 341 g/mol. The minimum Gasteiger partial charge on any atom is -0.507 e. The van der Waals surface area contributed by atoms with Gasteiger partial charge in [0.05, 0.1) is 0 Å². The quantitative estimate of drug-likeness (QED) is 0.721. The number of ether oxygens (including phenoxy) is 1. The fourth-order valence-corrected chi connectivity index (χ4v) is 2.40. The maximum Gasteiger partial charge on any atom is 0.342 e. The largest absolute Gasteiger partial charge is 0.507 e. The zero-order valence-electron chi connectivity index (χ0n) is 13.7. The molecule has 0 amide bonds. The van der Waals surface area contributed by atoms with Crippen molar-refractivity contribution in [3.63, 3.8) is 0 Å². The Bertz CT molecular complexity index is 916. The second-order valence-electron chi connectivity index (χ2n) is 5.69. The van der Waals surface area contributed by atoms with Crippen LogP contribution in [0.3, 0.4) is 0 Å². The lowest BCUT2D eigenvalue weighted by atomic mass is 10.1. The number of esters is 1. The maximum atomic E-state index is 13.0. The van der Waals surface area contributed by atoms with E-state index < -0.39 is 5.97 Å². The van der Waals surface area contributed by atoms with Gasteiger partial charge in [0.1, 0.15) is 29.4 Å². The van der Waals surface area contributed by atoms with Crippen LogP contribution in [-0.4, -0.2) is 16.2 Å². The Morgan fingerprint density at radius 3 is 2.64 bits per heavy atom. The first-order chi connectivity index (χ1) is 12.0. The molecule has 0 bridgehead atoms. The van der Waals surface area contributed by atoms with Crippen molar-refractivity contribution in [3.8, 4) is 17.1 Å². The van der Waals surface area contributed by atoms with Crippen molar-refractivity contribution < 1.29 is 23.6 Å². The summed E-state index contributed by atoms with van der Waals surface area (Å²) in [6.45, 7) is 3.50. The van der Waals surface area contributed by atoms with Gasteiger partial charge >= 0.3 is 5.97 Å². The van der Waals surface area contributed by atoms with Gasteiger partial charge in [-0.1, -0.05) is 16.8 Å². The van der Waals surface area contributed by atoms with Crippen LogP contribution in [0.1, 0.15) is 27.2 Å². The number of halogens is 1. The van der Waals surface area contributed by atoms with Crippen LogP contribution in [0.25, 0.3) is 11.3 Å². The highest BCUT2D eigenvalue weighted by atomic mass is 19.1. The van der Waals surface area contributed by atoms with Crippen LogP contribution in [0, 0.1) is 19.7 Å². The average Bonchev–Trinajstić information content (AvgIpc) is 2.96. The number of hydrogen-bond acceptors (Lipinski definition) is 5. The first-order valence-corrected chi connectivity index (χ1v) is 7.63. The van der Waals surface area contributed by atoms with Crippen LogP contribution in [-0.2, 0) is 11.3 Å². The Morgan fingerprint density at radius 1 is 1.20 bits per heavy atom. The molecule has 0 fully saturated rings. The molecule has 0 radical (unpaired) electrons. The van der Waals surface area contributed by atoms with Crippen molar-refractivity contribution in [2.24, 2.45) is 0 Å². The van der Waals surface area contributed by atoms with Crippen LogP contribution < -0.4 is 0 Å². The first-order valence-electron chi connectivity index (χ1n) is 7.63. The number of aromatic hydroxyl groups is 1. The van der Waals surface area contributed by atoms with Gasteiger partial charge < -0.3 is 14.4 Å². The van der Waals surface area contributed by atoms with Crippen molar-refractivity contribution in [3.05, 3.63) is 70.7 Å². The Labute approximate surface area is 143 Å². The zero-order chi connectivity index (χ0) is 18.0. The summed E-state index contributed by atoms with van der Waals surface area (Å²) < 4.78 is 23.5. The summed E-state index contributed by atoms with van der Waals surface area (Å²) in [6.07, 6.45) is 0. The SMILES string of the molecule is Cc1ccc(O)c(C(=O)OCc2noc(-c3ccc(F)cc3)c2C)c1. The van der Waals surface area contributed by atoms with E-state index in [1.165, 1.54) is 18.2 Å². The Morgan fingerprint density at radius 2 is 1.92 bits per heavy atom. The Hall–Kier alpha value is -3.15. The molecule has 0 aliphatic heterocycles. The summed E-state index contributed by atoms with van der Waals surface area (Å²) in [5, 5.41) is 13.7. The van der Waals surface area contributed by atoms with E-state index in [-0.39, 0.29) is 23.7 Å². The van der Waals surface area contributed by atoms with E-state index >= 15 is 0 Å². The number of nitrogens with zero attached hydrogens (tertiary/aromatic N) is 1. The second-order valence-corrected chi connectivity index (χ2v) is 5.69. The first kappa shape index (κ1) is 16.7. The molecule has 0 saturated heterocycles. The molecular weight excluding hydrogens is 325 g/mol. The maximum absolute atomic E-state index is 13.0. The fourth-order valence-electron chi connectivity index (χ4n) is 2.40. The predicted molar refractivity (Wildman–Crippen MR) is 88.6 cm³/mol. The summed E-state index contributed by atoms with van der Waals surface area (Å²) in [6, 6.07) is 10.5. The molecule has 5 nitrogen and oxygen atoms in total. The van der Waals surface area contributed by atoms with Gasteiger partial charge in [-0.3, -0.25) is 0 Å². The highest BCUT2D eigenvalue weighted by molar-refractivity contribution is 5.92. The minimum absolute atomic E-state index is 0.0945. The molecule has 0 saturated carbocycles. The zero-order valence-corrected chi connectivity index (χ0v) is 13.7. The molecule has 2 aromatic carbocycles. The Balaban J connectivity index is 1.75. The summed E-state index contributed by atoms with van der Waals surface area (Å²) in [4.78, 5) is 12.1. The van der Waals surface area contributed by atoms with Gasteiger partial charge in [0.2, 0.25) is 0 Å². The predicted octanol–water partition coefficient (Wildman–Crippen LogP) is 4.16. The molecule has 25 heavy (non-hydrogen) atoms. The van der Waals surface area contributed by atoms with Crippen molar-refractivity contribution >= 4 is 5.97 Å². The van der Waals surface area contributed by atoms with E-state index in [0.717, 1.165) is 5.56 Å². The molecule has 0 atom stereocenters.